The lowest BCUT2D eigenvalue weighted by Gasteiger charge is -2.36. The van der Waals surface area contributed by atoms with E-state index in [9.17, 15) is 4.79 Å². The topological polar surface area (TPSA) is 109 Å². The second kappa shape index (κ2) is 8.67. The summed E-state index contributed by atoms with van der Waals surface area (Å²) in [6.07, 6.45) is 4.04. The minimum absolute atomic E-state index is 0.106. The fourth-order valence-corrected chi connectivity index (χ4v) is 4.82. The molecular formula is C20H23ClN10OS. The van der Waals surface area contributed by atoms with Crippen molar-refractivity contribution in [1.82, 2.24) is 39.6 Å². The fraction of sp³-hybridized carbons (Fsp3) is 0.450. The van der Waals surface area contributed by atoms with Crippen molar-refractivity contribution in [2.24, 2.45) is 5.10 Å². The minimum Gasteiger partial charge on any atom is -0.337 e. The molecule has 0 radical (unpaired) electrons. The van der Waals surface area contributed by atoms with Crippen LogP contribution in [-0.2, 0) is 0 Å². The molecule has 0 spiro atoms. The van der Waals surface area contributed by atoms with Crippen LogP contribution in [0.1, 0.15) is 34.8 Å². The molecule has 2 aliphatic rings. The van der Waals surface area contributed by atoms with Gasteiger partial charge in [-0.3, -0.25) is 0 Å². The number of hydrazone groups is 1. The van der Waals surface area contributed by atoms with Gasteiger partial charge in [-0.25, -0.2) is 24.8 Å². The molecule has 1 unspecified atom stereocenters. The lowest BCUT2D eigenvalue weighted by atomic mass is 10.2. The first-order valence-corrected chi connectivity index (χ1v) is 11.9. The Morgan fingerprint density at radius 2 is 1.91 bits per heavy atom. The molecule has 0 bridgehead atoms. The van der Waals surface area contributed by atoms with Gasteiger partial charge in [-0.05, 0) is 20.8 Å². The molecule has 2 amide bonds. The molecule has 2 aliphatic heterocycles. The maximum Gasteiger partial charge on any atom is 0.341 e. The van der Waals surface area contributed by atoms with E-state index in [4.69, 9.17) is 11.6 Å². The number of halogens is 1. The molecule has 3 aromatic heterocycles. The molecule has 11 nitrogen and oxygen atoms in total. The average Bonchev–Trinajstić information content (AvgIpc) is 3.53. The molecule has 13 heteroatoms. The quantitative estimate of drug-likeness (QED) is 0.560. The monoisotopic (exact) mass is 486 g/mol. The summed E-state index contributed by atoms with van der Waals surface area (Å²) in [5.41, 5.74) is 0.891. The maximum absolute atomic E-state index is 13.2. The fourth-order valence-electron chi connectivity index (χ4n) is 3.99. The highest BCUT2D eigenvalue weighted by Gasteiger charge is 2.34. The lowest BCUT2D eigenvalue weighted by Crippen LogP contribution is -2.52. The average molecular weight is 487 g/mol. The number of carbonyl (C=O) groups is 1. The number of carbonyl (C=O) groups excluding carboxylic acids is 1. The van der Waals surface area contributed by atoms with E-state index in [1.165, 1.54) is 0 Å². The van der Waals surface area contributed by atoms with E-state index in [-0.39, 0.29) is 12.1 Å². The number of thiazole rings is 1. The number of urea groups is 1. The van der Waals surface area contributed by atoms with Crippen LogP contribution in [0, 0.1) is 20.8 Å². The molecule has 5 heterocycles. The Labute approximate surface area is 199 Å². The van der Waals surface area contributed by atoms with Crippen molar-refractivity contribution in [2.45, 2.75) is 33.2 Å². The molecule has 3 aromatic rings. The van der Waals surface area contributed by atoms with Gasteiger partial charge in [-0.1, -0.05) is 11.6 Å². The number of hydrogen-bond donors (Lipinski definition) is 0. The van der Waals surface area contributed by atoms with Crippen LogP contribution < -0.4 is 4.90 Å². The zero-order valence-electron chi connectivity index (χ0n) is 18.5. The van der Waals surface area contributed by atoms with Gasteiger partial charge in [0.2, 0.25) is 5.95 Å². The van der Waals surface area contributed by atoms with Crippen molar-refractivity contribution in [3.05, 3.63) is 38.9 Å². The van der Waals surface area contributed by atoms with Gasteiger partial charge in [0, 0.05) is 44.2 Å². The third-order valence-electron chi connectivity index (χ3n) is 5.63. The number of piperazine rings is 1. The van der Waals surface area contributed by atoms with Gasteiger partial charge in [0.05, 0.1) is 16.9 Å². The number of aromatic nitrogens is 6. The molecular weight excluding hydrogens is 464 g/mol. The molecule has 172 valence electrons. The van der Waals surface area contributed by atoms with E-state index < -0.39 is 0 Å². The van der Waals surface area contributed by atoms with Gasteiger partial charge >= 0.3 is 6.03 Å². The largest absolute Gasteiger partial charge is 0.341 e. The Kier molecular flexibility index (Phi) is 5.71. The summed E-state index contributed by atoms with van der Waals surface area (Å²) in [6, 6.07) is -0.248. The Hall–Kier alpha value is -3.12. The summed E-state index contributed by atoms with van der Waals surface area (Å²) in [6.45, 7) is 7.90. The van der Waals surface area contributed by atoms with E-state index in [2.05, 4.69) is 30.1 Å². The standard InChI is InChI=1S/C20H23ClN10OS/c1-12-24-13(2)30(27-12)18-15(21)10-22-19(26-18)28-6-8-29(9-7-28)20(32)31-17(4-5-23-31)16-11-33-14(3)25-16/h5,10-11,17H,4,6-9H2,1-3H3. The Morgan fingerprint density at radius 1 is 1.12 bits per heavy atom. The number of amides is 2. The SMILES string of the molecule is Cc1nc(C)n(-c2nc(N3CCN(C(=O)N4N=CCC4c4csc(C)n4)CC3)ncc2Cl)n1. The van der Waals surface area contributed by atoms with Crippen molar-refractivity contribution >= 4 is 41.1 Å². The molecule has 0 saturated carbocycles. The summed E-state index contributed by atoms with van der Waals surface area (Å²) in [4.78, 5) is 35.0. The van der Waals surface area contributed by atoms with Crippen molar-refractivity contribution in [3.8, 4) is 5.82 Å². The lowest BCUT2D eigenvalue weighted by molar-refractivity contribution is 0.138. The molecule has 0 N–H and O–H groups in total. The second-order valence-electron chi connectivity index (χ2n) is 7.90. The number of rotatable bonds is 3. The van der Waals surface area contributed by atoms with Crippen LogP contribution in [0.4, 0.5) is 10.7 Å². The van der Waals surface area contributed by atoms with Crippen LogP contribution in [-0.4, -0.2) is 78.0 Å². The summed E-state index contributed by atoms with van der Waals surface area (Å²) in [5, 5.41) is 13.6. The summed E-state index contributed by atoms with van der Waals surface area (Å²) < 4.78 is 1.62. The Bertz CT molecular complexity index is 1220. The predicted octanol–water partition coefficient (Wildman–Crippen LogP) is 2.77. The van der Waals surface area contributed by atoms with E-state index in [1.54, 1.807) is 33.4 Å². The third-order valence-corrected chi connectivity index (χ3v) is 6.68. The van der Waals surface area contributed by atoms with Crippen LogP contribution >= 0.6 is 22.9 Å². The van der Waals surface area contributed by atoms with E-state index in [1.807, 2.05) is 36.0 Å². The number of hydrogen-bond acceptors (Lipinski definition) is 9. The van der Waals surface area contributed by atoms with Gasteiger partial charge in [-0.15, -0.1) is 16.4 Å². The molecule has 33 heavy (non-hydrogen) atoms. The maximum atomic E-state index is 13.2. The van der Waals surface area contributed by atoms with Gasteiger partial charge in [0.1, 0.15) is 22.7 Å². The smallest absolute Gasteiger partial charge is 0.337 e. The predicted molar refractivity (Wildman–Crippen MR) is 125 cm³/mol. The first kappa shape index (κ1) is 21.7. The highest BCUT2D eigenvalue weighted by atomic mass is 35.5. The van der Waals surface area contributed by atoms with E-state index in [0.717, 1.165) is 10.7 Å². The van der Waals surface area contributed by atoms with Crippen LogP contribution in [0.2, 0.25) is 5.02 Å². The van der Waals surface area contributed by atoms with Gasteiger partial charge in [0.15, 0.2) is 5.82 Å². The van der Waals surface area contributed by atoms with Crippen molar-refractivity contribution in [3.63, 3.8) is 0 Å². The number of anilines is 1. The molecule has 1 saturated heterocycles. The van der Waals surface area contributed by atoms with Crippen molar-refractivity contribution < 1.29 is 4.79 Å². The van der Waals surface area contributed by atoms with Gasteiger partial charge in [-0.2, -0.15) is 14.8 Å². The van der Waals surface area contributed by atoms with E-state index >= 15 is 0 Å². The molecule has 0 aromatic carbocycles. The van der Waals surface area contributed by atoms with Gasteiger partial charge < -0.3 is 9.80 Å². The van der Waals surface area contributed by atoms with Crippen LogP contribution in [0.25, 0.3) is 5.82 Å². The molecule has 1 atom stereocenters. The zero-order chi connectivity index (χ0) is 23.1. The summed E-state index contributed by atoms with van der Waals surface area (Å²) in [5.74, 6) is 2.38. The summed E-state index contributed by atoms with van der Waals surface area (Å²) >= 11 is 7.93. The van der Waals surface area contributed by atoms with Crippen LogP contribution in [0.15, 0.2) is 16.7 Å². The first-order valence-electron chi connectivity index (χ1n) is 10.6. The highest BCUT2D eigenvalue weighted by Crippen LogP contribution is 2.30. The normalized spacial score (nSPS) is 18.4. The number of nitrogens with zero attached hydrogens (tertiary/aromatic N) is 10. The first-order chi connectivity index (χ1) is 15.9. The van der Waals surface area contributed by atoms with Crippen LogP contribution in [0.5, 0.6) is 0 Å². The summed E-state index contributed by atoms with van der Waals surface area (Å²) in [7, 11) is 0. The second-order valence-corrected chi connectivity index (χ2v) is 9.37. The van der Waals surface area contributed by atoms with E-state index in [0.29, 0.717) is 61.0 Å². The Balaban J connectivity index is 1.27. The highest BCUT2D eigenvalue weighted by molar-refractivity contribution is 7.09. The van der Waals surface area contributed by atoms with Crippen LogP contribution in [0.3, 0.4) is 0 Å². The van der Waals surface area contributed by atoms with Crippen molar-refractivity contribution in [1.29, 1.82) is 0 Å². The zero-order valence-corrected chi connectivity index (χ0v) is 20.1. The third kappa shape index (κ3) is 4.15. The molecule has 1 fully saturated rings. The molecule has 0 aliphatic carbocycles. The molecule has 5 rings (SSSR count). The van der Waals surface area contributed by atoms with Crippen molar-refractivity contribution in [2.75, 3.05) is 31.1 Å². The Morgan fingerprint density at radius 3 is 2.58 bits per heavy atom. The minimum atomic E-state index is -0.142. The number of aryl methyl sites for hydroxylation is 3. The van der Waals surface area contributed by atoms with Gasteiger partial charge in [0.25, 0.3) is 0 Å².